The molecule has 1 aromatic rings. The lowest BCUT2D eigenvalue weighted by atomic mass is 9.98. The van der Waals surface area contributed by atoms with Crippen molar-refractivity contribution in [2.75, 3.05) is 33.3 Å². The Morgan fingerprint density at radius 1 is 1.12 bits per heavy atom. The second-order valence-corrected chi connectivity index (χ2v) is 7.25. The first kappa shape index (κ1) is 17.4. The van der Waals surface area contributed by atoms with Crippen LogP contribution in [0.2, 0.25) is 0 Å². The number of carbonyl (C=O) groups excluding carboxylic acids is 1. The molecule has 0 atom stereocenters. The lowest BCUT2D eigenvalue weighted by Gasteiger charge is -2.41. The van der Waals surface area contributed by atoms with Crippen molar-refractivity contribution in [1.29, 1.82) is 0 Å². The number of aryl methyl sites for hydroxylation is 1. The normalized spacial score (nSPS) is 21.2. The van der Waals surface area contributed by atoms with E-state index in [2.05, 4.69) is 34.9 Å². The highest BCUT2D eigenvalue weighted by Crippen LogP contribution is 2.22. The smallest absolute Gasteiger partial charge is 0.226 e. The van der Waals surface area contributed by atoms with Gasteiger partial charge in [0.1, 0.15) is 0 Å². The molecule has 2 aliphatic rings. The van der Waals surface area contributed by atoms with Gasteiger partial charge in [0.2, 0.25) is 5.91 Å². The van der Waals surface area contributed by atoms with E-state index in [9.17, 15) is 4.79 Å². The standard InChI is InChI=1S/C20H30N2O2/c1-16-4-3-5-17(14-16)15-20(23)22-10-6-18(7-11-22)21-12-8-19(24-2)9-13-21/h3-5,14,18-19H,6-13,15H2,1-2H3. The van der Waals surface area contributed by atoms with Crippen molar-refractivity contribution in [3.63, 3.8) is 0 Å². The number of amides is 1. The Hall–Kier alpha value is -1.39. The summed E-state index contributed by atoms with van der Waals surface area (Å²) in [6, 6.07) is 8.92. The average molecular weight is 330 g/mol. The van der Waals surface area contributed by atoms with Crippen LogP contribution in [0, 0.1) is 6.92 Å². The number of carbonyl (C=O) groups is 1. The maximum absolute atomic E-state index is 12.5. The van der Waals surface area contributed by atoms with Crippen molar-refractivity contribution in [3.8, 4) is 0 Å². The van der Waals surface area contributed by atoms with Crippen LogP contribution in [0.4, 0.5) is 0 Å². The first-order chi connectivity index (χ1) is 11.7. The lowest BCUT2D eigenvalue weighted by molar-refractivity contribution is -0.132. The number of likely N-dealkylation sites (tertiary alicyclic amines) is 2. The molecular formula is C20H30N2O2. The zero-order valence-electron chi connectivity index (χ0n) is 15.0. The van der Waals surface area contributed by atoms with E-state index in [1.165, 1.54) is 5.56 Å². The fourth-order valence-electron chi connectivity index (χ4n) is 4.07. The number of nitrogens with zero attached hydrogens (tertiary/aromatic N) is 2. The second-order valence-electron chi connectivity index (χ2n) is 7.25. The van der Waals surface area contributed by atoms with Crippen LogP contribution in [0.1, 0.15) is 36.8 Å². The number of piperidine rings is 2. The minimum atomic E-state index is 0.275. The van der Waals surface area contributed by atoms with Crippen LogP contribution in [0.5, 0.6) is 0 Å². The Balaban J connectivity index is 1.45. The maximum atomic E-state index is 12.5. The Labute approximate surface area is 145 Å². The maximum Gasteiger partial charge on any atom is 0.226 e. The first-order valence-corrected chi connectivity index (χ1v) is 9.26. The molecule has 3 rings (SSSR count). The van der Waals surface area contributed by atoms with Crippen LogP contribution in [0.15, 0.2) is 24.3 Å². The summed E-state index contributed by atoms with van der Waals surface area (Å²) in [4.78, 5) is 17.2. The largest absolute Gasteiger partial charge is 0.381 e. The topological polar surface area (TPSA) is 32.8 Å². The zero-order chi connectivity index (χ0) is 16.9. The average Bonchev–Trinajstić information content (AvgIpc) is 2.62. The molecular weight excluding hydrogens is 300 g/mol. The molecule has 2 aliphatic heterocycles. The number of ether oxygens (including phenoxy) is 1. The molecule has 4 nitrogen and oxygen atoms in total. The van der Waals surface area contributed by atoms with Gasteiger partial charge in [0, 0.05) is 39.3 Å². The highest BCUT2D eigenvalue weighted by Gasteiger charge is 2.29. The van der Waals surface area contributed by atoms with E-state index in [-0.39, 0.29) is 5.91 Å². The van der Waals surface area contributed by atoms with Gasteiger partial charge in [-0.2, -0.15) is 0 Å². The number of hydrogen-bond acceptors (Lipinski definition) is 3. The van der Waals surface area contributed by atoms with Gasteiger partial charge in [-0.3, -0.25) is 4.79 Å². The SMILES string of the molecule is COC1CCN(C2CCN(C(=O)Cc3cccc(C)c3)CC2)CC1. The van der Waals surface area contributed by atoms with Crippen LogP contribution in [-0.4, -0.2) is 61.1 Å². The number of rotatable bonds is 4. The molecule has 0 radical (unpaired) electrons. The van der Waals surface area contributed by atoms with Crippen molar-refractivity contribution in [1.82, 2.24) is 9.80 Å². The molecule has 0 spiro atoms. The number of hydrogen-bond donors (Lipinski definition) is 0. The molecule has 0 N–H and O–H groups in total. The van der Waals surface area contributed by atoms with Crippen LogP contribution in [0.25, 0.3) is 0 Å². The van der Waals surface area contributed by atoms with Crippen molar-refractivity contribution in [2.45, 2.75) is 51.2 Å². The van der Waals surface area contributed by atoms with Crippen molar-refractivity contribution in [3.05, 3.63) is 35.4 Å². The van der Waals surface area contributed by atoms with Crippen LogP contribution in [-0.2, 0) is 16.0 Å². The highest BCUT2D eigenvalue weighted by molar-refractivity contribution is 5.78. The summed E-state index contributed by atoms with van der Waals surface area (Å²) < 4.78 is 5.46. The monoisotopic (exact) mass is 330 g/mol. The molecule has 0 aromatic heterocycles. The molecule has 1 amide bonds. The molecule has 0 aliphatic carbocycles. The van der Waals surface area contributed by atoms with Gasteiger partial charge in [-0.25, -0.2) is 0 Å². The third kappa shape index (κ3) is 4.37. The minimum absolute atomic E-state index is 0.275. The second kappa shape index (κ2) is 8.13. The molecule has 2 saturated heterocycles. The van der Waals surface area contributed by atoms with E-state index < -0.39 is 0 Å². The van der Waals surface area contributed by atoms with Gasteiger partial charge in [-0.1, -0.05) is 29.8 Å². The van der Waals surface area contributed by atoms with Crippen molar-refractivity contribution >= 4 is 5.91 Å². The van der Waals surface area contributed by atoms with Gasteiger partial charge in [-0.05, 0) is 38.2 Å². The van der Waals surface area contributed by atoms with Gasteiger partial charge >= 0.3 is 0 Å². The van der Waals surface area contributed by atoms with Gasteiger partial charge in [0.15, 0.2) is 0 Å². The Morgan fingerprint density at radius 2 is 1.83 bits per heavy atom. The summed E-state index contributed by atoms with van der Waals surface area (Å²) in [6.07, 6.45) is 5.48. The van der Waals surface area contributed by atoms with Crippen LogP contribution in [0.3, 0.4) is 0 Å². The molecule has 4 heteroatoms. The Bertz CT molecular complexity index is 544. The summed E-state index contributed by atoms with van der Waals surface area (Å²) >= 11 is 0. The Kier molecular flexibility index (Phi) is 5.90. The molecule has 0 saturated carbocycles. The third-order valence-corrected chi connectivity index (χ3v) is 5.58. The quantitative estimate of drug-likeness (QED) is 0.851. The zero-order valence-corrected chi connectivity index (χ0v) is 15.0. The molecule has 2 heterocycles. The molecule has 132 valence electrons. The van der Waals surface area contributed by atoms with E-state index in [4.69, 9.17) is 4.74 Å². The molecule has 24 heavy (non-hydrogen) atoms. The summed E-state index contributed by atoms with van der Waals surface area (Å²) in [5.41, 5.74) is 2.35. The number of methoxy groups -OCH3 is 1. The fourth-order valence-corrected chi connectivity index (χ4v) is 4.07. The predicted molar refractivity (Wildman–Crippen MR) is 96.1 cm³/mol. The molecule has 1 aromatic carbocycles. The fraction of sp³-hybridized carbons (Fsp3) is 0.650. The molecule has 0 bridgehead atoms. The van der Waals surface area contributed by atoms with E-state index in [0.29, 0.717) is 18.6 Å². The van der Waals surface area contributed by atoms with Crippen molar-refractivity contribution in [2.24, 2.45) is 0 Å². The molecule has 2 fully saturated rings. The van der Waals surface area contributed by atoms with E-state index in [1.807, 2.05) is 13.2 Å². The summed E-state index contributed by atoms with van der Waals surface area (Å²) in [7, 11) is 1.82. The van der Waals surface area contributed by atoms with E-state index in [0.717, 1.165) is 57.4 Å². The summed E-state index contributed by atoms with van der Waals surface area (Å²) in [5, 5.41) is 0. The van der Waals surface area contributed by atoms with Crippen LogP contribution >= 0.6 is 0 Å². The van der Waals surface area contributed by atoms with E-state index in [1.54, 1.807) is 0 Å². The predicted octanol–water partition coefficient (Wildman–Crippen LogP) is 2.64. The van der Waals surface area contributed by atoms with Crippen molar-refractivity contribution < 1.29 is 9.53 Å². The summed E-state index contributed by atoms with van der Waals surface area (Å²) in [6.45, 7) is 6.16. The first-order valence-electron chi connectivity index (χ1n) is 9.26. The summed E-state index contributed by atoms with van der Waals surface area (Å²) in [5.74, 6) is 0.275. The number of benzene rings is 1. The lowest BCUT2D eigenvalue weighted by Crippen LogP contribution is -2.50. The van der Waals surface area contributed by atoms with Gasteiger partial charge in [0.05, 0.1) is 12.5 Å². The third-order valence-electron chi connectivity index (χ3n) is 5.58. The molecule has 0 unspecified atom stereocenters. The van der Waals surface area contributed by atoms with E-state index >= 15 is 0 Å². The van der Waals surface area contributed by atoms with Gasteiger partial charge < -0.3 is 14.5 Å². The van der Waals surface area contributed by atoms with Gasteiger partial charge in [-0.15, -0.1) is 0 Å². The van der Waals surface area contributed by atoms with Crippen LogP contribution < -0.4 is 0 Å². The van der Waals surface area contributed by atoms with Gasteiger partial charge in [0.25, 0.3) is 0 Å². The highest BCUT2D eigenvalue weighted by atomic mass is 16.5. The minimum Gasteiger partial charge on any atom is -0.381 e. The Morgan fingerprint density at radius 3 is 2.46 bits per heavy atom.